The molecule has 1 aromatic heterocycles. The average Bonchev–Trinajstić information content (AvgIpc) is 3.43. The van der Waals surface area contributed by atoms with Crippen molar-refractivity contribution in [3.63, 3.8) is 0 Å². The molecule has 4 unspecified atom stereocenters. The molecule has 3 rings (SSSR count). The van der Waals surface area contributed by atoms with E-state index in [1.807, 2.05) is 35.7 Å². The summed E-state index contributed by atoms with van der Waals surface area (Å²) in [5, 5.41) is 0.508. The number of hydrogen-bond donors (Lipinski definition) is 0. The normalized spacial score (nSPS) is 26.3. The van der Waals surface area contributed by atoms with Crippen LogP contribution in [0.1, 0.15) is 34.5 Å². The van der Waals surface area contributed by atoms with Crippen LogP contribution >= 0.6 is 47.0 Å². The maximum atomic E-state index is 11.6. The Bertz CT molecular complexity index is 727. The van der Waals surface area contributed by atoms with Crippen LogP contribution in [0.2, 0.25) is 0 Å². The van der Waals surface area contributed by atoms with Crippen molar-refractivity contribution in [2.24, 2.45) is 0 Å². The zero-order valence-electron chi connectivity index (χ0n) is 16.4. The molecule has 158 valence electrons. The summed E-state index contributed by atoms with van der Waals surface area (Å²) in [5.41, 5.74) is 0.847. The molecule has 0 aromatic carbocycles. The molecule has 0 aliphatic carbocycles. The monoisotopic (exact) mass is 472 g/mol. The van der Waals surface area contributed by atoms with Gasteiger partial charge >= 0.3 is 11.9 Å². The van der Waals surface area contributed by atoms with Gasteiger partial charge in [0.15, 0.2) is 0 Å². The van der Waals surface area contributed by atoms with Gasteiger partial charge in [-0.2, -0.15) is 0 Å². The van der Waals surface area contributed by atoms with Crippen molar-refractivity contribution in [1.82, 2.24) is 0 Å². The Balaban J connectivity index is 1.46. The Hall–Kier alpha value is -0.900. The minimum atomic E-state index is -0.335. The minimum absolute atomic E-state index is 0.209. The smallest absolute Gasteiger partial charge is 0.333 e. The van der Waals surface area contributed by atoms with Crippen LogP contribution < -0.4 is 0 Å². The third kappa shape index (κ3) is 6.29. The van der Waals surface area contributed by atoms with E-state index in [4.69, 9.17) is 13.9 Å². The highest BCUT2D eigenvalue weighted by Gasteiger charge is 2.33. The molecule has 0 N–H and O–H groups in total. The van der Waals surface area contributed by atoms with Crippen molar-refractivity contribution in [2.45, 2.75) is 33.5 Å². The molecule has 1 aromatic rings. The maximum Gasteiger partial charge on any atom is 0.333 e. The highest BCUT2D eigenvalue weighted by atomic mass is 32.2. The minimum Gasteiger partial charge on any atom is -0.462 e. The molecule has 0 bridgehead atoms. The molecule has 0 radical (unpaired) electrons. The van der Waals surface area contributed by atoms with Crippen molar-refractivity contribution >= 4 is 59.0 Å². The first-order valence-electron chi connectivity index (χ1n) is 9.12. The zero-order chi connectivity index (χ0) is 21.0. The van der Waals surface area contributed by atoms with Crippen molar-refractivity contribution in [3.05, 3.63) is 48.0 Å². The van der Waals surface area contributed by atoms with Crippen molar-refractivity contribution in [2.75, 3.05) is 24.7 Å². The topological polar surface area (TPSA) is 65.7 Å². The lowest BCUT2D eigenvalue weighted by Crippen LogP contribution is -2.16. The second-order valence-corrected chi connectivity index (χ2v) is 12.5. The van der Waals surface area contributed by atoms with Crippen molar-refractivity contribution in [1.29, 1.82) is 0 Å². The standard InChI is InChI=1S/C20H24O5S4/c1-11(2)17(21)23-7-13-9-26-19(28-13)15-5-6-16(25-15)20-27-10-14(29-20)8-24-18(22)12(3)4/h5-6,13-14,19-20H,1,3,7-10H2,2,4H3. The Kier molecular flexibility index (Phi) is 8.18. The fraction of sp³-hybridized carbons (Fsp3) is 0.500. The van der Waals surface area contributed by atoms with Gasteiger partial charge < -0.3 is 13.9 Å². The predicted octanol–water partition coefficient (Wildman–Crippen LogP) is 5.21. The van der Waals surface area contributed by atoms with Gasteiger partial charge in [-0.1, -0.05) is 13.2 Å². The van der Waals surface area contributed by atoms with Crippen LogP contribution in [0.3, 0.4) is 0 Å². The van der Waals surface area contributed by atoms with Crippen LogP contribution in [-0.2, 0) is 19.1 Å². The number of carbonyl (C=O) groups excluding carboxylic acids is 2. The third-order valence-electron chi connectivity index (χ3n) is 4.11. The lowest BCUT2D eigenvalue weighted by molar-refractivity contribution is -0.139. The summed E-state index contributed by atoms with van der Waals surface area (Å²) in [6.07, 6.45) is 0. The summed E-state index contributed by atoms with van der Waals surface area (Å²) in [5.74, 6) is 3.05. The van der Waals surface area contributed by atoms with Crippen molar-refractivity contribution in [3.8, 4) is 0 Å². The lowest BCUT2D eigenvalue weighted by atomic mass is 10.4. The van der Waals surface area contributed by atoms with Gasteiger partial charge in [0.1, 0.15) is 33.9 Å². The second-order valence-electron chi connectivity index (χ2n) is 6.84. The Morgan fingerprint density at radius 2 is 1.34 bits per heavy atom. The van der Waals surface area contributed by atoms with E-state index in [0.29, 0.717) is 24.4 Å². The quantitative estimate of drug-likeness (QED) is 0.374. The highest BCUT2D eigenvalue weighted by Crippen LogP contribution is 2.53. The van der Waals surface area contributed by atoms with E-state index in [1.165, 1.54) is 0 Å². The van der Waals surface area contributed by atoms with Crippen LogP contribution in [0.5, 0.6) is 0 Å². The van der Waals surface area contributed by atoms with E-state index in [2.05, 4.69) is 13.2 Å². The Labute approximate surface area is 188 Å². The molecule has 9 heteroatoms. The molecule has 2 aliphatic heterocycles. The molecular formula is C20H24O5S4. The van der Waals surface area contributed by atoms with Gasteiger partial charge in [0, 0.05) is 33.2 Å². The number of thioether (sulfide) groups is 4. The predicted molar refractivity (Wildman–Crippen MR) is 123 cm³/mol. The van der Waals surface area contributed by atoms with Gasteiger partial charge in [0.25, 0.3) is 0 Å². The average molecular weight is 473 g/mol. The number of ether oxygens (including phenoxy) is 2. The van der Waals surface area contributed by atoms with Gasteiger partial charge in [0.2, 0.25) is 0 Å². The summed E-state index contributed by atoms with van der Waals surface area (Å²) < 4.78 is 17.1. The molecule has 2 saturated heterocycles. The van der Waals surface area contributed by atoms with Crippen LogP contribution in [0.15, 0.2) is 40.9 Å². The number of esters is 2. The fourth-order valence-corrected chi connectivity index (χ4v) is 8.78. The van der Waals surface area contributed by atoms with Gasteiger partial charge in [-0.05, 0) is 26.0 Å². The molecule has 29 heavy (non-hydrogen) atoms. The number of rotatable bonds is 8. The van der Waals surface area contributed by atoms with Gasteiger partial charge in [0.05, 0.1) is 0 Å². The molecule has 2 aliphatic rings. The first-order chi connectivity index (χ1) is 13.8. The Morgan fingerprint density at radius 1 is 0.931 bits per heavy atom. The summed E-state index contributed by atoms with van der Waals surface area (Å²) in [6.45, 7) is 11.3. The number of hydrogen-bond acceptors (Lipinski definition) is 9. The largest absolute Gasteiger partial charge is 0.462 e. The van der Waals surface area contributed by atoms with Gasteiger partial charge in [-0.15, -0.1) is 47.0 Å². The van der Waals surface area contributed by atoms with E-state index in [-0.39, 0.29) is 31.6 Å². The van der Waals surface area contributed by atoms with Crippen LogP contribution in [-0.4, -0.2) is 47.2 Å². The van der Waals surface area contributed by atoms with E-state index in [9.17, 15) is 9.59 Å². The third-order valence-corrected chi connectivity index (χ3v) is 10.6. The SMILES string of the molecule is C=C(C)C(=O)OCC1CSC(c2ccc(C3SCC(COC(=O)C(=C)C)S3)o2)S1. The molecule has 5 nitrogen and oxygen atoms in total. The summed E-state index contributed by atoms with van der Waals surface area (Å²) in [4.78, 5) is 23.1. The maximum absolute atomic E-state index is 11.6. The van der Waals surface area contributed by atoms with Crippen molar-refractivity contribution < 1.29 is 23.5 Å². The lowest BCUT2D eigenvalue weighted by Gasteiger charge is -2.11. The second kappa shape index (κ2) is 10.4. The fourth-order valence-electron chi connectivity index (χ4n) is 2.57. The molecule has 3 heterocycles. The van der Waals surface area contributed by atoms with Gasteiger partial charge in [-0.25, -0.2) is 9.59 Å². The first-order valence-corrected chi connectivity index (χ1v) is 13.1. The van der Waals surface area contributed by atoms with Crippen LogP contribution in [0, 0.1) is 0 Å². The van der Waals surface area contributed by atoms with E-state index >= 15 is 0 Å². The molecular weight excluding hydrogens is 448 g/mol. The first kappa shape index (κ1) is 22.8. The molecule has 4 atom stereocenters. The summed E-state index contributed by atoms with van der Waals surface area (Å²) in [6, 6.07) is 4.08. The van der Waals surface area contributed by atoms with Crippen LogP contribution in [0.25, 0.3) is 0 Å². The Morgan fingerprint density at radius 3 is 1.72 bits per heavy atom. The summed E-state index contributed by atoms with van der Waals surface area (Å²) >= 11 is 7.16. The summed E-state index contributed by atoms with van der Waals surface area (Å²) in [7, 11) is 0. The van der Waals surface area contributed by atoms with E-state index in [1.54, 1.807) is 37.4 Å². The van der Waals surface area contributed by atoms with E-state index < -0.39 is 0 Å². The molecule has 0 saturated carbocycles. The van der Waals surface area contributed by atoms with Crippen LogP contribution in [0.4, 0.5) is 0 Å². The molecule has 0 spiro atoms. The number of furan rings is 1. The molecule has 0 amide bonds. The number of carbonyl (C=O) groups is 2. The van der Waals surface area contributed by atoms with Gasteiger partial charge in [-0.3, -0.25) is 0 Å². The van der Waals surface area contributed by atoms with E-state index in [0.717, 1.165) is 23.0 Å². The highest BCUT2D eigenvalue weighted by molar-refractivity contribution is 8.20. The zero-order valence-corrected chi connectivity index (χ0v) is 19.6. The molecule has 2 fully saturated rings.